The van der Waals surface area contributed by atoms with Crippen LogP contribution in [0.15, 0.2) is 30.5 Å². The van der Waals surface area contributed by atoms with Crippen molar-refractivity contribution in [2.24, 2.45) is 23.7 Å². The van der Waals surface area contributed by atoms with E-state index in [2.05, 4.69) is 4.98 Å². The quantitative estimate of drug-likeness (QED) is 0.464. The minimum Gasteiger partial charge on any atom is -0.340 e. The average Bonchev–Trinajstić information content (AvgIpc) is 3.26. The van der Waals surface area contributed by atoms with Gasteiger partial charge >= 0.3 is 0 Å². The summed E-state index contributed by atoms with van der Waals surface area (Å²) in [5.41, 5.74) is 0.832. The number of likely N-dealkylation sites (tertiary alicyclic amines) is 1. The summed E-state index contributed by atoms with van der Waals surface area (Å²) in [6.07, 6.45) is 6.58. The Bertz CT molecular complexity index is 746. The topological polar surface area (TPSA) is 70.6 Å². The van der Waals surface area contributed by atoms with Crippen LogP contribution in [0, 0.1) is 23.7 Å². The summed E-state index contributed by atoms with van der Waals surface area (Å²) in [6.45, 7) is 0.153. The number of imide groups is 1. The van der Waals surface area contributed by atoms with E-state index in [9.17, 15) is 14.4 Å². The normalized spacial score (nSPS) is 29.4. The van der Waals surface area contributed by atoms with Gasteiger partial charge in [0.05, 0.1) is 11.8 Å². The van der Waals surface area contributed by atoms with Gasteiger partial charge in [0.25, 0.3) is 0 Å². The van der Waals surface area contributed by atoms with Gasteiger partial charge in [-0.1, -0.05) is 29.8 Å². The second-order valence-electron chi connectivity index (χ2n) is 7.00. The molecule has 0 unspecified atom stereocenters. The molecule has 0 N–H and O–H groups in total. The van der Waals surface area contributed by atoms with Crippen molar-refractivity contribution in [3.05, 3.63) is 41.2 Å². The van der Waals surface area contributed by atoms with Gasteiger partial charge in [0.2, 0.25) is 17.7 Å². The monoisotopic (exact) mass is 359 g/mol. The second-order valence-corrected chi connectivity index (χ2v) is 7.39. The van der Waals surface area contributed by atoms with Gasteiger partial charge in [-0.15, -0.1) is 0 Å². The highest BCUT2D eigenvalue weighted by Crippen LogP contribution is 2.52. The maximum Gasteiger partial charge on any atom is 0.242 e. The molecule has 6 nitrogen and oxygen atoms in total. The zero-order valence-corrected chi connectivity index (χ0v) is 14.5. The number of allylic oxidation sites excluding steroid dienone is 2. The molecule has 1 saturated heterocycles. The van der Waals surface area contributed by atoms with Crippen molar-refractivity contribution in [2.45, 2.75) is 13.0 Å². The van der Waals surface area contributed by atoms with Crippen molar-refractivity contribution >= 4 is 29.3 Å². The summed E-state index contributed by atoms with van der Waals surface area (Å²) in [4.78, 5) is 44.3. The second kappa shape index (κ2) is 5.95. The van der Waals surface area contributed by atoms with Crippen molar-refractivity contribution in [2.75, 3.05) is 13.6 Å². The van der Waals surface area contributed by atoms with Crippen LogP contribution in [-0.2, 0) is 20.9 Å². The number of pyridine rings is 1. The van der Waals surface area contributed by atoms with Gasteiger partial charge in [-0.05, 0) is 29.9 Å². The lowest BCUT2D eigenvalue weighted by Gasteiger charge is -2.22. The van der Waals surface area contributed by atoms with E-state index in [1.54, 1.807) is 25.4 Å². The van der Waals surface area contributed by atoms with Gasteiger partial charge in [0.15, 0.2) is 0 Å². The lowest BCUT2D eigenvalue weighted by molar-refractivity contribution is -0.146. The molecule has 3 amide bonds. The average molecular weight is 360 g/mol. The highest BCUT2D eigenvalue weighted by molar-refractivity contribution is 6.29. The molecule has 0 radical (unpaired) electrons. The summed E-state index contributed by atoms with van der Waals surface area (Å²) in [5.74, 6) is -0.864. The van der Waals surface area contributed by atoms with Crippen molar-refractivity contribution < 1.29 is 14.4 Å². The molecule has 4 atom stereocenters. The third-order valence-electron chi connectivity index (χ3n) is 5.49. The highest BCUT2D eigenvalue weighted by atomic mass is 35.5. The minimum atomic E-state index is -0.267. The van der Waals surface area contributed by atoms with E-state index < -0.39 is 0 Å². The number of nitrogens with zero attached hydrogens (tertiary/aromatic N) is 3. The van der Waals surface area contributed by atoms with E-state index in [-0.39, 0.29) is 47.9 Å². The molecule has 7 heteroatoms. The molecule has 2 heterocycles. The lowest BCUT2D eigenvalue weighted by Crippen LogP contribution is -2.42. The summed E-state index contributed by atoms with van der Waals surface area (Å²) in [6, 6.07) is 3.45. The Labute approximate surface area is 150 Å². The molecule has 2 bridgehead atoms. The van der Waals surface area contributed by atoms with Gasteiger partial charge in [-0.2, -0.15) is 0 Å². The van der Waals surface area contributed by atoms with Crippen molar-refractivity contribution in [3.63, 3.8) is 0 Å². The molecule has 1 aromatic rings. The Balaban J connectivity index is 1.42. The Morgan fingerprint density at radius 1 is 1.24 bits per heavy atom. The highest BCUT2D eigenvalue weighted by Gasteiger charge is 2.59. The van der Waals surface area contributed by atoms with E-state index in [4.69, 9.17) is 11.6 Å². The van der Waals surface area contributed by atoms with Crippen LogP contribution < -0.4 is 0 Å². The number of hydrogen-bond donors (Lipinski definition) is 0. The predicted molar refractivity (Wildman–Crippen MR) is 90.2 cm³/mol. The third kappa shape index (κ3) is 2.65. The Morgan fingerprint density at radius 3 is 2.44 bits per heavy atom. The smallest absolute Gasteiger partial charge is 0.242 e. The number of rotatable bonds is 4. The molecule has 0 aromatic carbocycles. The minimum absolute atomic E-state index is 0.157. The molecule has 130 valence electrons. The van der Waals surface area contributed by atoms with Crippen LogP contribution in [0.4, 0.5) is 0 Å². The summed E-state index contributed by atoms with van der Waals surface area (Å²) in [5, 5.41) is 0.390. The molecule has 4 rings (SSSR count). The number of carbonyl (C=O) groups excluding carboxylic acids is 3. The first-order valence-electron chi connectivity index (χ1n) is 8.33. The fourth-order valence-corrected chi connectivity index (χ4v) is 4.35. The van der Waals surface area contributed by atoms with Gasteiger partial charge in [-0.3, -0.25) is 19.3 Å². The zero-order chi connectivity index (χ0) is 17.7. The van der Waals surface area contributed by atoms with Crippen molar-refractivity contribution in [1.29, 1.82) is 0 Å². The summed E-state index contributed by atoms with van der Waals surface area (Å²) in [7, 11) is 1.65. The number of aromatic nitrogens is 1. The maximum atomic E-state index is 12.6. The summed E-state index contributed by atoms with van der Waals surface area (Å²) >= 11 is 5.75. The molecule has 25 heavy (non-hydrogen) atoms. The first-order valence-corrected chi connectivity index (χ1v) is 8.71. The van der Waals surface area contributed by atoms with Gasteiger partial charge in [0.1, 0.15) is 11.7 Å². The van der Waals surface area contributed by atoms with Crippen LogP contribution in [-0.4, -0.2) is 46.1 Å². The molecule has 2 fully saturated rings. The fraction of sp³-hybridized carbons (Fsp3) is 0.444. The van der Waals surface area contributed by atoms with Gasteiger partial charge in [0, 0.05) is 19.8 Å². The Hall–Kier alpha value is -2.21. The largest absolute Gasteiger partial charge is 0.340 e. The van der Waals surface area contributed by atoms with E-state index in [0.29, 0.717) is 11.7 Å². The van der Waals surface area contributed by atoms with Crippen LogP contribution in [0.1, 0.15) is 12.0 Å². The molecular formula is C18H18ClN3O3. The zero-order valence-electron chi connectivity index (χ0n) is 13.8. The van der Waals surface area contributed by atoms with E-state index in [1.165, 1.54) is 4.90 Å². The number of halogens is 1. The molecule has 1 aliphatic heterocycles. The van der Waals surface area contributed by atoms with Crippen LogP contribution in [0.25, 0.3) is 0 Å². The number of fused-ring (bicyclic) bond motifs is 5. The molecule has 1 aromatic heterocycles. The number of likely N-dealkylation sites (N-methyl/N-ethyl adjacent to an activating group) is 1. The number of carbonyl (C=O) groups is 3. The first-order chi connectivity index (χ1) is 12.0. The maximum absolute atomic E-state index is 12.6. The summed E-state index contributed by atoms with van der Waals surface area (Å²) < 4.78 is 0. The standard InChI is InChI=1S/C18H18ClN3O3/c1-21(8-10-2-5-13(19)20-7-10)14(23)9-22-17(24)15-11-3-4-12(6-11)16(15)18(22)25/h2-5,7,11-12,15-16H,6,8-9H2,1H3/t11-,12-,15+,16+/m0/s1. The third-order valence-corrected chi connectivity index (χ3v) is 5.71. The van der Waals surface area contributed by atoms with Crippen LogP contribution in [0.3, 0.4) is 0 Å². The Kier molecular flexibility index (Phi) is 3.87. The van der Waals surface area contributed by atoms with Crippen molar-refractivity contribution in [1.82, 2.24) is 14.8 Å². The van der Waals surface area contributed by atoms with Gasteiger partial charge < -0.3 is 4.90 Å². The first kappa shape index (κ1) is 16.3. The van der Waals surface area contributed by atoms with Crippen molar-refractivity contribution in [3.8, 4) is 0 Å². The Morgan fingerprint density at radius 2 is 1.88 bits per heavy atom. The fourth-order valence-electron chi connectivity index (χ4n) is 4.24. The van der Waals surface area contributed by atoms with E-state index in [1.807, 2.05) is 12.2 Å². The SMILES string of the molecule is CN(Cc1ccc(Cl)nc1)C(=O)CN1C(=O)[C@H]2[C@H](C1=O)[C@H]1C=C[C@H]2C1. The number of amides is 3. The molecule has 0 spiro atoms. The van der Waals surface area contributed by atoms with E-state index >= 15 is 0 Å². The van der Waals surface area contributed by atoms with Crippen LogP contribution in [0.2, 0.25) is 5.15 Å². The predicted octanol–water partition coefficient (Wildman–Crippen LogP) is 1.50. The number of hydrogen-bond acceptors (Lipinski definition) is 4. The van der Waals surface area contributed by atoms with Crippen LogP contribution >= 0.6 is 11.6 Å². The molecule has 3 aliphatic rings. The van der Waals surface area contributed by atoms with Crippen LogP contribution in [0.5, 0.6) is 0 Å². The lowest BCUT2D eigenvalue weighted by atomic mass is 9.85. The molecule has 1 saturated carbocycles. The molecule has 2 aliphatic carbocycles. The molecular weight excluding hydrogens is 342 g/mol. The van der Waals surface area contributed by atoms with Gasteiger partial charge in [-0.25, -0.2) is 4.98 Å². The van der Waals surface area contributed by atoms with E-state index in [0.717, 1.165) is 16.9 Å².